The average molecular weight is 360 g/mol. The molecule has 0 saturated carbocycles. The van der Waals surface area contributed by atoms with Gasteiger partial charge in [0.05, 0.1) is 4.90 Å². The average Bonchev–Trinajstić information content (AvgIpc) is 2.53. The molecular formula is C15H22ClN3O3S. The Bertz CT molecular complexity index is 687. The van der Waals surface area contributed by atoms with Crippen molar-refractivity contribution >= 4 is 28.3 Å². The van der Waals surface area contributed by atoms with Crippen LogP contribution in [0.15, 0.2) is 40.8 Å². The van der Waals surface area contributed by atoms with E-state index in [4.69, 9.17) is 0 Å². The Hall–Kier alpha value is -1.41. The fourth-order valence-electron chi connectivity index (χ4n) is 2.16. The highest BCUT2D eigenvalue weighted by Gasteiger charge is 2.17. The number of amides is 1. The summed E-state index contributed by atoms with van der Waals surface area (Å²) in [7, 11) is -0.363. The highest BCUT2D eigenvalue weighted by Crippen LogP contribution is 2.13. The molecule has 1 aromatic rings. The molecule has 0 unspecified atom stereocenters. The summed E-state index contributed by atoms with van der Waals surface area (Å²) in [6, 6.07) is 6.08. The van der Waals surface area contributed by atoms with E-state index in [0.29, 0.717) is 12.1 Å². The predicted molar refractivity (Wildman–Crippen MR) is 92.5 cm³/mol. The summed E-state index contributed by atoms with van der Waals surface area (Å²) < 4.78 is 27.3. The van der Waals surface area contributed by atoms with Crippen molar-refractivity contribution in [3.8, 4) is 0 Å². The zero-order valence-corrected chi connectivity index (χ0v) is 14.8. The minimum atomic E-state index is -3.62. The lowest BCUT2D eigenvalue weighted by molar-refractivity contribution is 0.0827. The molecule has 6 nitrogen and oxygen atoms in total. The van der Waals surface area contributed by atoms with Crippen molar-refractivity contribution < 1.29 is 13.2 Å². The van der Waals surface area contributed by atoms with E-state index < -0.39 is 10.0 Å². The van der Waals surface area contributed by atoms with E-state index in [1.807, 2.05) is 6.08 Å². The van der Waals surface area contributed by atoms with Gasteiger partial charge in [0, 0.05) is 32.7 Å². The summed E-state index contributed by atoms with van der Waals surface area (Å²) in [5.41, 5.74) is 1.43. The van der Waals surface area contributed by atoms with Crippen LogP contribution in [-0.4, -0.2) is 53.0 Å². The largest absolute Gasteiger partial charge is 0.345 e. The number of halogens is 1. The molecular weight excluding hydrogens is 338 g/mol. The third kappa shape index (κ3) is 5.31. The second-order valence-electron chi connectivity index (χ2n) is 5.37. The first-order valence-electron chi connectivity index (χ1n) is 7.10. The molecule has 128 valence electrons. The van der Waals surface area contributed by atoms with Gasteiger partial charge in [0.2, 0.25) is 10.0 Å². The molecule has 8 heteroatoms. The highest BCUT2D eigenvalue weighted by atomic mass is 35.5. The van der Waals surface area contributed by atoms with Gasteiger partial charge in [-0.25, -0.2) is 13.1 Å². The van der Waals surface area contributed by atoms with Crippen LogP contribution in [0.3, 0.4) is 0 Å². The first-order chi connectivity index (χ1) is 10.4. The molecule has 2 rings (SSSR count). The van der Waals surface area contributed by atoms with Crippen LogP contribution in [0.4, 0.5) is 0 Å². The van der Waals surface area contributed by atoms with Crippen molar-refractivity contribution in [2.45, 2.75) is 11.3 Å². The molecule has 1 aliphatic heterocycles. The molecule has 0 bridgehead atoms. The summed E-state index contributed by atoms with van der Waals surface area (Å²) >= 11 is 0. The van der Waals surface area contributed by atoms with Crippen LogP contribution in [-0.2, 0) is 10.0 Å². The SMILES string of the molecule is CN(C)C(=O)c1cccc(S(=O)(=O)NCC2=CCNCC2)c1.Cl. The Kier molecular flexibility index (Phi) is 7.21. The Morgan fingerprint density at radius 2 is 2.09 bits per heavy atom. The molecule has 0 fully saturated rings. The van der Waals surface area contributed by atoms with Crippen molar-refractivity contribution in [2.75, 3.05) is 33.7 Å². The molecule has 2 N–H and O–H groups in total. The summed E-state index contributed by atoms with van der Waals surface area (Å²) in [5.74, 6) is -0.224. The first kappa shape index (κ1) is 19.6. The number of carbonyl (C=O) groups excluding carboxylic acids is 1. The van der Waals surface area contributed by atoms with Crippen LogP contribution in [0, 0.1) is 0 Å². The lowest BCUT2D eigenvalue weighted by Gasteiger charge is -2.15. The predicted octanol–water partition coefficient (Wildman–Crippen LogP) is 1.01. The molecule has 0 saturated heterocycles. The van der Waals surface area contributed by atoms with E-state index in [0.717, 1.165) is 25.1 Å². The Morgan fingerprint density at radius 3 is 2.70 bits per heavy atom. The Balaban J connectivity index is 0.00000264. The Morgan fingerprint density at radius 1 is 1.35 bits per heavy atom. The number of sulfonamides is 1. The fourth-order valence-corrected chi connectivity index (χ4v) is 3.24. The molecule has 0 aliphatic carbocycles. The van der Waals surface area contributed by atoms with Gasteiger partial charge in [-0.05, 0) is 31.2 Å². The normalized spacial score (nSPS) is 14.6. The van der Waals surface area contributed by atoms with Gasteiger partial charge in [0.1, 0.15) is 0 Å². The lowest BCUT2D eigenvalue weighted by Crippen LogP contribution is -2.30. The lowest BCUT2D eigenvalue weighted by atomic mass is 10.1. The fraction of sp³-hybridized carbons (Fsp3) is 0.400. The third-order valence-electron chi connectivity index (χ3n) is 3.44. The molecule has 1 heterocycles. The second kappa shape index (κ2) is 8.44. The highest BCUT2D eigenvalue weighted by molar-refractivity contribution is 7.89. The van der Waals surface area contributed by atoms with Gasteiger partial charge < -0.3 is 10.2 Å². The number of nitrogens with one attached hydrogen (secondary N) is 2. The number of nitrogens with zero attached hydrogens (tertiary/aromatic N) is 1. The van der Waals surface area contributed by atoms with E-state index in [1.165, 1.54) is 17.0 Å². The van der Waals surface area contributed by atoms with Gasteiger partial charge in [-0.2, -0.15) is 0 Å². The standard InChI is InChI=1S/C15H21N3O3S.ClH/c1-18(2)15(19)13-4-3-5-14(10-13)22(20,21)17-11-12-6-8-16-9-7-12;/h3-6,10,16-17H,7-9,11H2,1-2H3;1H. The molecule has 1 amide bonds. The minimum Gasteiger partial charge on any atom is -0.345 e. The van der Waals surface area contributed by atoms with E-state index >= 15 is 0 Å². The quantitative estimate of drug-likeness (QED) is 0.769. The van der Waals surface area contributed by atoms with Crippen molar-refractivity contribution in [2.24, 2.45) is 0 Å². The number of hydrogen-bond acceptors (Lipinski definition) is 4. The maximum absolute atomic E-state index is 12.3. The Labute approximate surface area is 143 Å². The molecule has 1 aliphatic rings. The van der Waals surface area contributed by atoms with E-state index in [-0.39, 0.29) is 23.2 Å². The van der Waals surface area contributed by atoms with Crippen LogP contribution in [0.5, 0.6) is 0 Å². The number of benzene rings is 1. The van der Waals surface area contributed by atoms with Crippen LogP contribution >= 0.6 is 12.4 Å². The van der Waals surface area contributed by atoms with Gasteiger partial charge in [0.15, 0.2) is 0 Å². The third-order valence-corrected chi connectivity index (χ3v) is 4.84. The van der Waals surface area contributed by atoms with Gasteiger partial charge in [-0.3, -0.25) is 4.79 Å². The van der Waals surface area contributed by atoms with E-state index in [2.05, 4.69) is 10.0 Å². The summed E-state index contributed by atoms with van der Waals surface area (Å²) in [4.78, 5) is 13.4. The molecule has 0 atom stereocenters. The van der Waals surface area contributed by atoms with Crippen molar-refractivity contribution in [1.29, 1.82) is 0 Å². The van der Waals surface area contributed by atoms with Crippen LogP contribution in [0.1, 0.15) is 16.8 Å². The van der Waals surface area contributed by atoms with Crippen molar-refractivity contribution in [3.05, 3.63) is 41.5 Å². The van der Waals surface area contributed by atoms with E-state index in [1.54, 1.807) is 26.2 Å². The minimum absolute atomic E-state index is 0. The van der Waals surface area contributed by atoms with Crippen molar-refractivity contribution in [3.63, 3.8) is 0 Å². The van der Waals surface area contributed by atoms with Gasteiger partial charge in [0.25, 0.3) is 5.91 Å². The molecule has 0 aromatic heterocycles. The maximum atomic E-state index is 12.3. The smallest absolute Gasteiger partial charge is 0.253 e. The van der Waals surface area contributed by atoms with Crippen LogP contribution < -0.4 is 10.0 Å². The summed E-state index contributed by atoms with van der Waals surface area (Å²) in [6.07, 6.45) is 2.83. The van der Waals surface area contributed by atoms with Gasteiger partial charge >= 0.3 is 0 Å². The zero-order chi connectivity index (χ0) is 16.2. The van der Waals surface area contributed by atoms with Gasteiger partial charge in [-0.1, -0.05) is 17.7 Å². The monoisotopic (exact) mass is 359 g/mol. The van der Waals surface area contributed by atoms with Crippen molar-refractivity contribution in [1.82, 2.24) is 14.9 Å². The molecule has 23 heavy (non-hydrogen) atoms. The first-order valence-corrected chi connectivity index (χ1v) is 8.58. The molecule has 0 spiro atoms. The summed E-state index contributed by atoms with van der Waals surface area (Å²) in [6.45, 7) is 1.93. The topological polar surface area (TPSA) is 78.5 Å². The number of hydrogen-bond donors (Lipinski definition) is 2. The zero-order valence-electron chi connectivity index (χ0n) is 13.2. The van der Waals surface area contributed by atoms with Crippen LogP contribution in [0.25, 0.3) is 0 Å². The number of carbonyl (C=O) groups is 1. The number of rotatable bonds is 5. The van der Waals surface area contributed by atoms with Crippen LogP contribution in [0.2, 0.25) is 0 Å². The summed E-state index contributed by atoms with van der Waals surface area (Å²) in [5, 5.41) is 3.18. The second-order valence-corrected chi connectivity index (χ2v) is 7.14. The molecule has 0 radical (unpaired) electrons. The van der Waals surface area contributed by atoms with E-state index in [9.17, 15) is 13.2 Å². The molecule has 1 aromatic carbocycles. The maximum Gasteiger partial charge on any atom is 0.253 e. The van der Waals surface area contributed by atoms with Gasteiger partial charge in [-0.15, -0.1) is 12.4 Å².